The molecule has 1 amide bonds. The third-order valence-electron chi connectivity index (χ3n) is 3.16. The Morgan fingerprint density at radius 2 is 2.20 bits per heavy atom. The second-order valence-corrected chi connectivity index (χ2v) is 5.65. The van der Waals surface area contributed by atoms with Crippen LogP contribution in [0.25, 0.3) is 0 Å². The first kappa shape index (κ1) is 15.3. The van der Waals surface area contributed by atoms with Gasteiger partial charge in [0.2, 0.25) is 5.91 Å². The quantitative estimate of drug-likeness (QED) is 0.875. The van der Waals surface area contributed by atoms with Crippen LogP contribution in [0.15, 0.2) is 22.7 Å². The van der Waals surface area contributed by atoms with Gasteiger partial charge in [0.25, 0.3) is 0 Å². The molecule has 0 spiro atoms. The Kier molecular flexibility index (Phi) is 4.70. The smallest absolute Gasteiger partial charge is 0.325 e. The standard InChI is InChI=1S/C13H14BrF3N2O/c14-8-3-4-11(10(6-8)13(15,16)17)19-12(20)7-9-2-1-5-18-9/h3-4,6,9,18H,1-2,5,7H2,(H,19,20). The first-order valence-corrected chi connectivity index (χ1v) is 7.05. The van der Waals surface area contributed by atoms with Crippen LogP contribution in [0.4, 0.5) is 18.9 Å². The molecule has 1 aliphatic heterocycles. The average Bonchev–Trinajstić information content (AvgIpc) is 2.82. The van der Waals surface area contributed by atoms with Gasteiger partial charge < -0.3 is 10.6 Å². The van der Waals surface area contributed by atoms with E-state index in [0.717, 1.165) is 25.5 Å². The number of amides is 1. The molecule has 0 radical (unpaired) electrons. The van der Waals surface area contributed by atoms with Crippen molar-refractivity contribution in [2.45, 2.75) is 31.5 Å². The number of halogens is 4. The molecule has 1 atom stereocenters. The monoisotopic (exact) mass is 350 g/mol. The molecule has 0 aromatic heterocycles. The summed E-state index contributed by atoms with van der Waals surface area (Å²) in [5.74, 6) is -0.405. The predicted molar refractivity (Wildman–Crippen MR) is 73.4 cm³/mol. The molecule has 7 heteroatoms. The summed E-state index contributed by atoms with van der Waals surface area (Å²) in [5, 5.41) is 5.49. The molecule has 1 aliphatic rings. The van der Waals surface area contributed by atoms with E-state index < -0.39 is 17.6 Å². The fraction of sp³-hybridized carbons (Fsp3) is 0.462. The van der Waals surface area contributed by atoms with Crippen molar-refractivity contribution in [2.24, 2.45) is 0 Å². The van der Waals surface area contributed by atoms with Crippen molar-refractivity contribution in [1.82, 2.24) is 5.32 Å². The van der Waals surface area contributed by atoms with E-state index in [2.05, 4.69) is 26.6 Å². The number of carbonyl (C=O) groups excluding carboxylic acids is 1. The molecule has 2 N–H and O–H groups in total. The molecule has 1 saturated heterocycles. The van der Waals surface area contributed by atoms with Gasteiger partial charge in [0.05, 0.1) is 11.3 Å². The number of hydrogen-bond donors (Lipinski definition) is 2. The maximum absolute atomic E-state index is 12.9. The molecule has 1 heterocycles. The first-order valence-electron chi connectivity index (χ1n) is 6.26. The van der Waals surface area contributed by atoms with E-state index in [4.69, 9.17) is 0 Å². The van der Waals surface area contributed by atoms with Crippen LogP contribution >= 0.6 is 15.9 Å². The summed E-state index contributed by atoms with van der Waals surface area (Å²) in [5.41, 5.74) is -1.05. The second-order valence-electron chi connectivity index (χ2n) is 4.73. The van der Waals surface area contributed by atoms with Gasteiger partial charge in [-0.1, -0.05) is 15.9 Å². The molecule has 1 unspecified atom stereocenters. The van der Waals surface area contributed by atoms with Crippen molar-refractivity contribution >= 4 is 27.5 Å². The molecule has 0 saturated carbocycles. The molecular weight excluding hydrogens is 337 g/mol. The van der Waals surface area contributed by atoms with E-state index in [9.17, 15) is 18.0 Å². The largest absolute Gasteiger partial charge is 0.418 e. The highest BCUT2D eigenvalue weighted by Gasteiger charge is 2.34. The summed E-state index contributed by atoms with van der Waals surface area (Å²) in [6.45, 7) is 0.851. The van der Waals surface area contributed by atoms with Gasteiger partial charge in [0, 0.05) is 16.9 Å². The van der Waals surface area contributed by atoms with Crippen LogP contribution in [-0.4, -0.2) is 18.5 Å². The van der Waals surface area contributed by atoms with Gasteiger partial charge >= 0.3 is 6.18 Å². The molecule has 0 bridgehead atoms. The van der Waals surface area contributed by atoms with Gasteiger partial charge in [-0.25, -0.2) is 0 Å². The number of nitrogens with one attached hydrogen (secondary N) is 2. The summed E-state index contributed by atoms with van der Waals surface area (Å²) in [4.78, 5) is 11.8. The average molecular weight is 351 g/mol. The van der Waals surface area contributed by atoms with E-state index in [0.29, 0.717) is 4.47 Å². The molecule has 0 aliphatic carbocycles. The molecule has 1 fully saturated rings. The van der Waals surface area contributed by atoms with Gasteiger partial charge in [-0.2, -0.15) is 13.2 Å². The van der Waals surface area contributed by atoms with Crippen molar-refractivity contribution in [2.75, 3.05) is 11.9 Å². The predicted octanol–water partition coefficient (Wildman–Crippen LogP) is 3.55. The Balaban J connectivity index is 2.10. The van der Waals surface area contributed by atoms with Crippen molar-refractivity contribution in [3.63, 3.8) is 0 Å². The van der Waals surface area contributed by atoms with Crippen molar-refractivity contribution in [3.8, 4) is 0 Å². The minimum Gasteiger partial charge on any atom is -0.325 e. The SMILES string of the molecule is O=C(CC1CCCN1)Nc1ccc(Br)cc1C(F)(F)F. The fourth-order valence-electron chi connectivity index (χ4n) is 2.22. The van der Waals surface area contributed by atoms with E-state index in [-0.39, 0.29) is 18.2 Å². The Morgan fingerprint density at radius 1 is 1.45 bits per heavy atom. The second kappa shape index (κ2) is 6.13. The topological polar surface area (TPSA) is 41.1 Å². The molecular formula is C13H14BrF3N2O. The lowest BCUT2D eigenvalue weighted by molar-refractivity contribution is -0.137. The Bertz CT molecular complexity index is 499. The lowest BCUT2D eigenvalue weighted by atomic mass is 10.1. The van der Waals surface area contributed by atoms with E-state index in [1.807, 2.05) is 0 Å². The number of hydrogen-bond acceptors (Lipinski definition) is 2. The lowest BCUT2D eigenvalue weighted by Gasteiger charge is -2.15. The number of carbonyl (C=O) groups is 1. The van der Waals surface area contributed by atoms with Crippen LogP contribution in [0.2, 0.25) is 0 Å². The van der Waals surface area contributed by atoms with E-state index in [1.54, 1.807) is 0 Å². The van der Waals surface area contributed by atoms with Crippen molar-refractivity contribution in [1.29, 1.82) is 0 Å². The highest BCUT2D eigenvalue weighted by molar-refractivity contribution is 9.10. The molecule has 2 rings (SSSR count). The summed E-state index contributed by atoms with van der Waals surface area (Å²) in [7, 11) is 0. The molecule has 20 heavy (non-hydrogen) atoms. The van der Waals surface area contributed by atoms with Crippen LogP contribution < -0.4 is 10.6 Å². The van der Waals surface area contributed by atoms with Crippen LogP contribution in [0.5, 0.6) is 0 Å². The third kappa shape index (κ3) is 3.96. The number of alkyl halides is 3. The Hall–Kier alpha value is -1.08. The van der Waals surface area contributed by atoms with Crippen LogP contribution in [0.3, 0.4) is 0 Å². The number of rotatable bonds is 3. The number of anilines is 1. The van der Waals surface area contributed by atoms with Gasteiger partial charge in [-0.3, -0.25) is 4.79 Å². The molecule has 3 nitrogen and oxygen atoms in total. The highest BCUT2D eigenvalue weighted by atomic mass is 79.9. The maximum atomic E-state index is 12.9. The highest BCUT2D eigenvalue weighted by Crippen LogP contribution is 2.36. The van der Waals surface area contributed by atoms with Gasteiger partial charge in [-0.05, 0) is 37.6 Å². The van der Waals surface area contributed by atoms with Crippen LogP contribution in [-0.2, 0) is 11.0 Å². The van der Waals surface area contributed by atoms with Crippen molar-refractivity contribution < 1.29 is 18.0 Å². The first-order chi connectivity index (χ1) is 9.36. The lowest BCUT2D eigenvalue weighted by Crippen LogP contribution is -2.28. The zero-order chi connectivity index (χ0) is 14.8. The van der Waals surface area contributed by atoms with Gasteiger partial charge in [0.1, 0.15) is 0 Å². The fourth-order valence-corrected chi connectivity index (χ4v) is 2.58. The maximum Gasteiger partial charge on any atom is 0.418 e. The van der Waals surface area contributed by atoms with Crippen molar-refractivity contribution in [3.05, 3.63) is 28.2 Å². The third-order valence-corrected chi connectivity index (χ3v) is 3.65. The van der Waals surface area contributed by atoms with Crippen LogP contribution in [0, 0.1) is 0 Å². The number of benzene rings is 1. The van der Waals surface area contributed by atoms with E-state index >= 15 is 0 Å². The van der Waals surface area contributed by atoms with Gasteiger partial charge in [-0.15, -0.1) is 0 Å². The molecule has 110 valence electrons. The van der Waals surface area contributed by atoms with Crippen LogP contribution in [0.1, 0.15) is 24.8 Å². The Morgan fingerprint density at radius 3 is 2.80 bits per heavy atom. The van der Waals surface area contributed by atoms with E-state index in [1.165, 1.54) is 12.1 Å². The Labute approximate surface area is 123 Å². The molecule has 1 aromatic carbocycles. The zero-order valence-electron chi connectivity index (χ0n) is 10.6. The molecule has 1 aromatic rings. The summed E-state index contributed by atoms with van der Waals surface area (Å²) >= 11 is 3.00. The zero-order valence-corrected chi connectivity index (χ0v) is 12.1. The summed E-state index contributed by atoms with van der Waals surface area (Å²) in [6.07, 6.45) is -2.45. The normalized spacial score (nSPS) is 19.1. The minimum atomic E-state index is -4.50. The van der Waals surface area contributed by atoms with Gasteiger partial charge in [0.15, 0.2) is 0 Å². The summed E-state index contributed by atoms with van der Waals surface area (Å²) < 4.78 is 39.0. The minimum absolute atomic E-state index is 0.0554. The summed E-state index contributed by atoms with van der Waals surface area (Å²) in [6, 6.07) is 3.74.